The minimum atomic E-state index is -0.833. The van der Waals surface area contributed by atoms with Crippen LogP contribution in [0.25, 0.3) is 21.7 Å². The summed E-state index contributed by atoms with van der Waals surface area (Å²) in [4.78, 5) is 43.6. The Kier molecular flexibility index (Phi) is 15.5. The number of fused-ring (bicyclic) bond motifs is 2. The van der Waals surface area contributed by atoms with Crippen LogP contribution >= 0.6 is 11.3 Å². The smallest absolute Gasteiger partial charge is 0.254 e. The number of nitrogens with two attached hydrogens (primary N) is 1. The molecule has 3 aliphatic rings. The van der Waals surface area contributed by atoms with E-state index in [1.54, 1.807) is 35.7 Å². The summed E-state index contributed by atoms with van der Waals surface area (Å²) in [5.74, 6) is -0.0490. The minimum absolute atomic E-state index is 0.0374. The number of piperazine rings is 1. The average molecular weight is 989 g/mol. The number of carbonyl (C=O) groups excluding carboxylic acids is 2. The number of para-hydroxylation sites is 1. The van der Waals surface area contributed by atoms with E-state index in [-0.39, 0.29) is 74.2 Å². The van der Waals surface area contributed by atoms with Gasteiger partial charge in [0.2, 0.25) is 17.7 Å². The molecule has 0 spiro atoms. The molecule has 3 fully saturated rings. The van der Waals surface area contributed by atoms with Crippen LogP contribution in [0.1, 0.15) is 56.0 Å². The van der Waals surface area contributed by atoms with E-state index in [4.69, 9.17) is 29.2 Å². The number of aromatic nitrogens is 5. The number of phenols is 1. The van der Waals surface area contributed by atoms with Crippen molar-refractivity contribution in [1.82, 2.24) is 35.5 Å². The van der Waals surface area contributed by atoms with Gasteiger partial charge in [-0.25, -0.2) is 9.97 Å². The highest BCUT2D eigenvalue weighted by Gasteiger charge is 2.44. The van der Waals surface area contributed by atoms with E-state index >= 15 is 0 Å². The summed E-state index contributed by atoms with van der Waals surface area (Å²) in [6.45, 7) is 9.43. The molecule has 9 rings (SSSR count). The van der Waals surface area contributed by atoms with Crippen LogP contribution < -0.4 is 30.3 Å². The van der Waals surface area contributed by atoms with Gasteiger partial charge < -0.3 is 59.4 Å². The lowest BCUT2D eigenvalue weighted by Gasteiger charge is -2.43. The van der Waals surface area contributed by atoms with Gasteiger partial charge in [-0.1, -0.05) is 50.2 Å². The first-order valence-corrected chi connectivity index (χ1v) is 24.9. The fourth-order valence-corrected chi connectivity index (χ4v) is 10.5. The number of nitrogens with one attached hydrogen (secondary N) is 1. The lowest BCUT2D eigenvalue weighted by molar-refractivity contribution is -0.141. The number of nitrogen functional groups attached to an aromatic ring is 1. The third-order valence-corrected chi connectivity index (χ3v) is 14.2. The molecule has 2 amide bonds. The van der Waals surface area contributed by atoms with E-state index in [1.807, 2.05) is 80.9 Å². The van der Waals surface area contributed by atoms with Crippen molar-refractivity contribution in [3.8, 4) is 39.2 Å². The molecule has 20 heteroatoms. The molecule has 2 aromatic carbocycles. The van der Waals surface area contributed by atoms with Crippen molar-refractivity contribution >= 4 is 40.3 Å². The second-order valence-electron chi connectivity index (χ2n) is 18.4. The van der Waals surface area contributed by atoms with E-state index in [1.165, 1.54) is 4.90 Å². The molecule has 0 aliphatic carbocycles. The second-order valence-corrected chi connectivity index (χ2v) is 19.2. The van der Waals surface area contributed by atoms with Crippen LogP contribution in [0.3, 0.4) is 0 Å². The van der Waals surface area contributed by atoms with Crippen molar-refractivity contribution in [2.45, 2.75) is 76.7 Å². The van der Waals surface area contributed by atoms with Gasteiger partial charge in [-0.15, -0.1) is 21.5 Å². The molecule has 3 aliphatic heterocycles. The number of amides is 2. The lowest BCUT2D eigenvalue weighted by atomic mass is 9.91. The maximum atomic E-state index is 14.0. The molecule has 71 heavy (non-hydrogen) atoms. The monoisotopic (exact) mass is 988 g/mol. The number of hydrogen-bond donors (Lipinski definition) is 4. The van der Waals surface area contributed by atoms with Gasteiger partial charge in [0.1, 0.15) is 30.9 Å². The number of aliphatic hydroxyl groups excluding tert-OH is 1. The standard InChI is InChI=1S/C51H60N10O9S/c1-31(2)47(51(65)60-29-38(62)23-42(60)50(64)54-26-33-8-10-34(11-9-33)48-32(3)55-30-71-48)44-25-46(58-70-44)69-21-19-67-17-16-66-18-20-68-45-22-35(14-15-53-45)61-36-12-13-37(61)28-59(27-36)41-24-40(56-57-49(41)52)39-6-4-5-7-43(39)63/h4-11,14-15,22,24-25,30-31,36-38,42,47,62-63H,12-13,16-21,23,26-29H2,1-3H3,(H2,52,57)(H,54,64)/t36?,37?,38-,42+,47+/m1/s1. The van der Waals surface area contributed by atoms with Crippen molar-refractivity contribution in [1.29, 1.82) is 0 Å². The van der Waals surface area contributed by atoms with E-state index in [9.17, 15) is 19.8 Å². The molecular weight excluding hydrogens is 929 g/mol. The predicted octanol–water partition coefficient (Wildman–Crippen LogP) is 5.61. The highest BCUT2D eigenvalue weighted by atomic mass is 32.1. The Balaban J connectivity index is 0.671. The Hall–Kier alpha value is -6.87. The van der Waals surface area contributed by atoms with Crippen molar-refractivity contribution in [2.75, 3.05) is 74.8 Å². The van der Waals surface area contributed by atoms with Crippen LogP contribution in [0.2, 0.25) is 0 Å². The Bertz CT molecular complexity index is 2740. The van der Waals surface area contributed by atoms with Gasteiger partial charge in [-0.2, -0.15) is 0 Å². The summed E-state index contributed by atoms with van der Waals surface area (Å²) in [6, 6.07) is 22.2. The fourth-order valence-electron chi connectivity index (χ4n) is 9.73. The zero-order chi connectivity index (χ0) is 49.4. The van der Waals surface area contributed by atoms with Gasteiger partial charge in [-0.3, -0.25) is 9.59 Å². The molecule has 5 atom stereocenters. The summed E-state index contributed by atoms with van der Waals surface area (Å²) in [6.07, 6.45) is 3.15. The third kappa shape index (κ3) is 11.5. The number of pyridine rings is 1. The van der Waals surface area contributed by atoms with E-state index in [0.29, 0.717) is 55.1 Å². The number of thiazole rings is 1. The molecule has 3 saturated heterocycles. The minimum Gasteiger partial charge on any atom is -0.507 e. The van der Waals surface area contributed by atoms with Crippen molar-refractivity contribution < 1.29 is 43.3 Å². The highest BCUT2D eigenvalue weighted by molar-refractivity contribution is 7.13. The van der Waals surface area contributed by atoms with Crippen LogP contribution in [-0.2, 0) is 25.6 Å². The molecule has 2 unspecified atom stereocenters. The van der Waals surface area contributed by atoms with Crippen molar-refractivity contribution in [3.05, 3.63) is 102 Å². The molecule has 0 radical (unpaired) electrons. The molecule has 6 aromatic rings. The van der Waals surface area contributed by atoms with Crippen LogP contribution in [0.4, 0.5) is 17.2 Å². The lowest BCUT2D eigenvalue weighted by Crippen LogP contribution is -2.54. The Morgan fingerprint density at radius 2 is 1.61 bits per heavy atom. The molecular formula is C51H60N10O9S. The third-order valence-electron chi connectivity index (χ3n) is 13.2. The summed E-state index contributed by atoms with van der Waals surface area (Å²) in [5.41, 5.74) is 14.2. The number of phenolic OH excluding ortho intramolecular Hbond substituents is 1. The number of aryl methyl sites for hydroxylation is 1. The zero-order valence-electron chi connectivity index (χ0n) is 40.1. The summed E-state index contributed by atoms with van der Waals surface area (Å²) < 4.78 is 28.8. The number of hydrogen-bond acceptors (Lipinski definition) is 18. The molecule has 7 heterocycles. The molecule has 5 N–H and O–H groups in total. The average Bonchev–Trinajstić information content (AvgIpc) is 4.17. The maximum absolute atomic E-state index is 14.0. The highest BCUT2D eigenvalue weighted by Crippen LogP contribution is 2.40. The van der Waals surface area contributed by atoms with Crippen molar-refractivity contribution in [2.24, 2.45) is 5.92 Å². The Labute approximate surface area is 415 Å². The van der Waals surface area contributed by atoms with Gasteiger partial charge in [0.05, 0.1) is 60.0 Å². The first-order valence-electron chi connectivity index (χ1n) is 24.0. The van der Waals surface area contributed by atoms with Gasteiger partial charge in [0.25, 0.3) is 5.88 Å². The largest absolute Gasteiger partial charge is 0.507 e. The number of carbonyl (C=O) groups is 2. The Morgan fingerprint density at radius 3 is 2.31 bits per heavy atom. The van der Waals surface area contributed by atoms with Crippen LogP contribution in [0.15, 0.2) is 89.0 Å². The fraction of sp³-hybridized carbons (Fsp3) is 0.431. The number of anilines is 3. The van der Waals surface area contributed by atoms with Gasteiger partial charge in [0, 0.05) is 74.3 Å². The Morgan fingerprint density at radius 1 is 0.887 bits per heavy atom. The van der Waals surface area contributed by atoms with Crippen molar-refractivity contribution in [3.63, 3.8) is 0 Å². The SMILES string of the molecule is Cc1ncsc1-c1ccc(CNC(=O)[C@@H]2C[C@@H](O)CN2C(=O)[C@H](c2cc(OCCOCCOCCOc3cc(N4C5CCC4CN(c4cc(-c6ccccc6O)nnc4N)C5)ccn3)no2)C(C)C)cc1. The van der Waals surface area contributed by atoms with Gasteiger partial charge in [0.15, 0.2) is 11.6 Å². The first kappa shape index (κ1) is 49.1. The molecule has 2 bridgehead atoms. The van der Waals surface area contributed by atoms with E-state index in [2.05, 4.69) is 40.4 Å². The number of rotatable bonds is 21. The molecule has 0 saturated carbocycles. The number of nitrogens with zero attached hydrogens (tertiary/aromatic N) is 8. The summed E-state index contributed by atoms with van der Waals surface area (Å²) >= 11 is 1.58. The number of ether oxygens (including phenoxy) is 4. The van der Waals surface area contributed by atoms with Crippen LogP contribution in [0, 0.1) is 12.8 Å². The molecule has 19 nitrogen and oxygen atoms in total. The second kappa shape index (κ2) is 22.5. The topological polar surface area (TPSA) is 237 Å². The number of likely N-dealkylation sites (tertiary alicyclic amines) is 1. The number of benzene rings is 2. The van der Waals surface area contributed by atoms with Gasteiger partial charge >= 0.3 is 0 Å². The quantitative estimate of drug-likeness (QED) is 0.0641. The summed E-state index contributed by atoms with van der Waals surface area (Å²) in [5, 5.41) is 36.5. The van der Waals surface area contributed by atoms with Crippen LogP contribution in [0.5, 0.6) is 17.5 Å². The number of aliphatic hydroxyl groups is 1. The zero-order valence-corrected chi connectivity index (χ0v) is 40.9. The first-order chi connectivity index (χ1) is 34.5. The summed E-state index contributed by atoms with van der Waals surface area (Å²) in [7, 11) is 0. The number of aromatic hydroxyl groups is 1. The van der Waals surface area contributed by atoms with E-state index in [0.717, 1.165) is 59.0 Å². The number of β-amino-alcohol motifs (C(OH)–C–C–N with tert-alkyl or cyclic N) is 1. The predicted molar refractivity (Wildman–Crippen MR) is 266 cm³/mol. The molecule has 4 aromatic heterocycles. The van der Waals surface area contributed by atoms with E-state index < -0.39 is 18.1 Å². The van der Waals surface area contributed by atoms with Gasteiger partial charge in [-0.05, 0) is 66.2 Å². The maximum Gasteiger partial charge on any atom is 0.254 e. The normalized spacial score (nSPS) is 19.1. The molecule has 374 valence electrons. The van der Waals surface area contributed by atoms with Crippen LogP contribution in [-0.4, -0.2) is 136 Å².